The maximum atomic E-state index is 6.03. The summed E-state index contributed by atoms with van der Waals surface area (Å²) in [4.78, 5) is 6.57. The van der Waals surface area contributed by atoms with Gasteiger partial charge in [0.05, 0.1) is 11.0 Å². The van der Waals surface area contributed by atoms with Crippen LogP contribution >= 0.6 is 0 Å². The minimum absolute atomic E-state index is 0.543. The molecule has 3 rings (SSSR count). The molecule has 0 radical (unpaired) electrons. The van der Waals surface area contributed by atoms with Crippen LogP contribution in [-0.2, 0) is 6.54 Å². The Morgan fingerprint density at radius 1 is 1.25 bits per heavy atom. The summed E-state index contributed by atoms with van der Waals surface area (Å²) < 4.78 is 13.2. The molecule has 2 N–H and O–H groups in total. The maximum absolute atomic E-state index is 6.03. The van der Waals surface area contributed by atoms with Crippen LogP contribution in [0.4, 0.5) is 5.95 Å². The number of fused-ring (bicyclic) bond motifs is 2. The zero-order chi connectivity index (χ0) is 14.1. The molecule has 0 fully saturated rings. The number of aryl methyl sites for hydroxylation is 1. The Bertz CT molecular complexity index is 621. The van der Waals surface area contributed by atoms with Crippen LogP contribution in [-0.4, -0.2) is 48.3 Å². The second-order valence-electron chi connectivity index (χ2n) is 5.26. The number of benzene rings is 1. The van der Waals surface area contributed by atoms with Crippen molar-refractivity contribution in [1.82, 2.24) is 14.5 Å². The summed E-state index contributed by atoms with van der Waals surface area (Å²) in [6.45, 7) is 3.03. The zero-order valence-corrected chi connectivity index (χ0v) is 11.9. The van der Waals surface area contributed by atoms with Crippen molar-refractivity contribution in [2.45, 2.75) is 13.0 Å². The lowest BCUT2D eigenvalue weighted by Gasteiger charge is -2.18. The quantitative estimate of drug-likeness (QED) is 0.913. The Morgan fingerprint density at radius 3 is 2.65 bits per heavy atom. The number of hydrogen-bond donors (Lipinski definition) is 1. The van der Waals surface area contributed by atoms with E-state index in [1.54, 1.807) is 0 Å². The van der Waals surface area contributed by atoms with Gasteiger partial charge in [0, 0.05) is 18.7 Å². The van der Waals surface area contributed by atoms with Crippen LogP contribution in [0.5, 0.6) is 11.5 Å². The fourth-order valence-corrected chi connectivity index (χ4v) is 2.46. The molecule has 2 aromatic rings. The van der Waals surface area contributed by atoms with Crippen molar-refractivity contribution < 1.29 is 9.47 Å². The fourth-order valence-electron chi connectivity index (χ4n) is 2.46. The third-order valence-electron chi connectivity index (χ3n) is 3.43. The highest BCUT2D eigenvalue weighted by atomic mass is 16.6. The van der Waals surface area contributed by atoms with Crippen molar-refractivity contribution in [1.29, 1.82) is 0 Å². The number of anilines is 1. The van der Waals surface area contributed by atoms with E-state index >= 15 is 0 Å². The lowest BCUT2D eigenvalue weighted by Crippen LogP contribution is -2.16. The number of hydrogen-bond acceptors (Lipinski definition) is 5. The predicted molar refractivity (Wildman–Crippen MR) is 78.3 cm³/mol. The van der Waals surface area contributed by atoms with E-state index in [0.717, 1.165) is 42.0 Å². The van der Waals surface area contributed by atoms with E-state index in [9.17, 15) is 0 Å². The second kappa shape index (κ2) is 5.20. The van der Waals surface area contributed by atoms with Gasteiger partial charge in [0.2, 0.25) is 5.95 Å². The SMILES string of the molecule is CN(C)CCCn1c(N)nc2cc3c(cc21)OCCO3. The van der Waals surface area contributed by atoms with Crippen LogP contribution in [0.2, 0.25) is 0 Å². The lowest BCUT2D eigenvalue weighted by atomic mass is 10.2. The molecule has 20 heavy (non-hydrogen) atoms. The minimum atomic E-state index is 0.543. The zero-order valence-electron chi connectivity index (χ0n) is 11.9. The maximum Gasteiger partial charge on any atom is 0.201 e. The largest absolute Gasteiger partial charge is 0.486 e. The third kappa shape index (κ3) is 2.38. The number of ether oxygens (including phenoxy) is 2. The van der Waals surface area contributed by atoms with Gasteiger partial charge < -0.3 is 24.7 Å². The summed E-state index contributed by atoms with van der Waals surface area (Å²) in [5.74, 6) is 2.07. The Kier molecular flexibility index (Phi) is 3.40. The number of aromatic nitrogens is 2. The van der Waals surface area contributed by atoms with E-state index in [0.29, 0.717) is 19.2 Å². The number of nitrogens with two attached hydrogens (primary N) is 1. The number of nitrogens with zero attached hydrogens (tertiary/aromatic N) is 3. The topological polar surface area (TPSA) is 65.5 Å². The van der Waals surface area contributed by atoms with Gasteiger partial charge in [0.15, 0.2) is 11.5 Å². The summed E-state index contributed by atoms with van der Waals surface area (Å²) >= 11 is 0. The van der Waals surface area contributed by atoms with Crippen molar-refractivity contribution >= 4 is 17.0 Å². The average Bonchev–Trinajstić information content (AvgIpc) is 2.71. The van der Waals surface area contributed by atoms with E-state index in [1.165, 1.54) is 0 Å². The lowest BCUT2D eigenvalue weighted by molar-refractivity contribution is 0.172. The van der Waals surface area contributed by atoms with E-state index in [2.05, 4.69) is 24.0 Å². The first-order chi connectivity index (χ1) is 9.65. The molecule has 0 aliphatic carbocycles. The monoisotopic (exact) mass is 276 g/mol. The highest BCUT2D eigenvalue weighted by molar-refractivity contribution is 5.82. The van der Waals surface area contributed by atoms with Gasteiger partial charge in [-0.05, 0) is 27.1 Å². The van der Waals surface area contributed by atoms with Crippen molar-refractivity contribution in [3.05, 3.63) is 12.1 Å². The van der Waals surface area contributed by atoms with Gasteiger partial charge in [-0.25, -0.2) is 4.98 Å². The van der Waals surface area contributed by atoms with Crippen LogP contribution < -0.4 is 15.2 Å². The summed E-state index contributed by atoms with van der Waals surface area (Å²) in [6.07, 6.45) is 1.02. The Balaban J connectivity index is 1.93. The smallest absolute Gasteiger partial charge is 0.201 e. The minimum Gasteiger partial charge on any atom is -0.486 e. The molecule has 0 spiro atoms. The number of imidazole rings is 1. The molecule has 0 bridgehead atoms. The predicted octanol–water partition coefficient (Wildman–Crippen LogP) is 1.34. The van der Waals surface area contributed by atoms with Gasteiger partial charge in [-0.15, -0.1) is 0 Å². The van der Waals surface area contributed by atoms with Gasteiger partial charge >= 0.3 is 0 Å². The van der Waals surface area contributed by atoms with Crippen LogP contribution in [0.3, 0.4) is 0 Å². The molecule has 0 atom stereocenters. The summed E-state index contributed by atoms with van der Waals surface area (Å²) in [5.41, 5.74) is 7.89. The van der Waals surface area contributed by atoms with E-state index < -0.39 is 0 Å². The number of nitrogen functional groups attached to an aromatic ring is 1. The van der Waals surface area contributed by atoms with Crippen molar-refractivity contribution in [2.75, 3.05) is 39.6 Å². The first kappa shape index (κ1) is 13.1. The molecular formula is C14H20N4O2. The summed E-state index contributed by atoms with van der Waals surface area (Å²) in [6, 6.07) is 3.88. The van der Waals surface area contributed by atoms with Gasteiger partial charge in [-0.2, -0.15) is 0 Å². The molecule has 0 unspecified atom stereocenters. The molecule has 2 heterocycles. The normalized spacial score (nSPS) is 14.2. The van der Waals surface area contributed by atoms with Gasteiger partial charge in [0.1, 0.15) is 13.2 Å². The van der Waals surface area contributed by atoms with Gasteiger partial charge in [-0.1, -0.05) is 0 Å². The molecule has 0 saturated heterocycles. The van der Waals surface area contributed by atoms with E-state index in [1.807, 2.05) is 16.7 Å². The molecule has 0 saturated carbocycles. The molecule has 108 valence electrons. The Hall–Kier alpha value is -1.95. The molecule has 6 nitrogen and oxygen atoms in total. The van der Waals surface area contributed by atoms with E-state index in [4.69, 9.17) is 15.2 Å². The van der Waals surface area contributed by atoms with Crippen LogP contribution in [0, 0.1) is 0 Å². The highest BCUT2D eigenvalue weighted by Crippen LogP contribution is 2.35. The highest BCUT2D eigenvalue weighted by Gasteiger charge is 2.16. The number of rotatable bonds is 4. The first-order valence-corrected chi connectivity index (χ1v) is 6.85. The fraction of sp³-hybridized carbons (Fsp3) is 0.500. The van der Waals surface area contributed by atoms with Crippen LogP contribution in [0.25, 0.3) is 11.0 Å². The second-order valence-corrected chi connectivity index (χ2v) is 5.26. The molecule has 6 heteroatoms. The average molecular weight is 276 g/mol. The van der Waals surface area contributed by atoms with Crippen molar-refractivity contribution in [3.63, 3.8) is 0 Å². The molecular weight excluding hydrogens is 256 g/mol. The van der Waals surface area contributed by atoms with E-state index in [-0.39, 0.29) is 0 Å². The molecule has 1 aliphatic heterocycles. The van der Waals surface area contributed by atoms with Gasteiger partial charge in [0.25, 0.3) is 0 Å². The van der Waals surface area contributed by atoms with Crippen LogP contribution in [0.1, 0.15) is 6.42 Å². The molecule has 0 amide bonds. The summed E-state index contributed by atoms with van der Waals surface area (Å²) in [5, 5.41) is 0. The molecule has 1 aromatic heterocycles. The molecule has 1 aliphatic rings. The Labute approximate surface area is 118 Å². The van der Waals surface area contributed by atoms with Crippen molar-refractivity contribution in [2.24, 2.45) is 0 Å². The standard InChI is InChI=1S/C14H20N4O2/c1-17(2)4-3-5-18-11-9-13-12(19-6-7-20-13)8-10(11)16-14(18)15/h8-9H,3-7H2,1-2H3,(H2,15,16). The first-order valence-electron chi connectivity index (χ1n) is 6.85. The Morgan fingerprint density at radius 2 is 1.95 bits per heavy atom. The van der Waals surface area contributed by atoms with Crippen LogP contribution in [0.15, 0.2) is 12.1 Å². The summed E-state index contributed by atoms with van der Waals surface area (Å²) in [7, 11) is 4.13. The third-order valence-corrected chi connectivity index (χ3v) is 3.43. The van der Waals surface area contributed by atoms with Crippen molar-refractivity contribution in [3.8, 4) is 11.5 Å². The van der Waals surface area contributed by atoms with Gasteiger partial charge in [-0.3, -0.25) is 0 Å². The molecule has 1 aromatic carbocycles.